The second-order valence-electron chi connectivity index (χ2n) is 4.08. The highest BCUT2D eigenvalue weighted by Gasteiger charge is 2.23. The van der Waals surface area contributed by atoms with Gasteiger partial charge >= 0.3 is 0 Å². The maximum Gasteiger partial charge on any atom is 0.0748 e. The summed E-state index contributed by atoms with van der Waals surface area (Å²) >= 11 is 3.50. The molecule has 1 aliphatic rings. The van der Waals surface area contributed by atoms with Gasteiger partial charge in [-0.15, -0.1) is 0 Å². The molecule has 0 saturated carbocycles. The second-order valence-corrected chi connectivity index (χ2v) is 4.93. The van der Waals surface area contributed by atoms with Crippen molar-refractivity contribution in [2.45, 2.75) is 32.4 Å². The minimum atomic E-state index is 0.314. The predicted molar refractivity (Wildman–Crippen MR) is 66.3 cm³/mol. The fourth-order valence-electron chi connectivity index (χ4n) is 1.87. The Kier molecular flexibility index (Phi) is 3.32. The van der Waals surface area contributed by atoms with Gasteiger partial charge < -0.3 is 10.1 Å². The van der Waals surface area contributed by atoms with E-state index in [9.17, 15) is 0 Å². The monoisotopic (exact) mass is 269 g/mol. The molecule has 1 saturated heterocycles. The molecule has 2 nitrogen and oxygen atoms in total. The second kappa shape index (κ2) is 4.54. The van der Waals surface area contributed by atoms with Crippen LogP contribution in [0.3, 0.4) is 0 Å². The number of hydrogen-bond acceptors (Lipinski definition) is 2. The van der Waals surface area contributed by atoms with E-state index in [-0.39, 0.29) is 0 Å². The van der Waals surface area contributed by atoms with Crippen LogP contribution in [0.2, 0.25) is 0 Å². The molecule has 2 rings (SSSR count). The molecule has 1 heterocycles. The van der Waals surface area contributed by atoms with E-state index in [0.717, 1.165) is 17.5 Å². The van der Waals surface area contributed by atoms with Crippen LogP contribution < -0.4 is 5.32 Å². The van der Waals surface area contributed by atoms with E-state index in [2.05, 4.69) is 53.3 Å². The molecule has 0 amide bonds. The Bertz CT molecular complexity index is 353. The normalized spacial score (nSPS) is 25.5. The highest BCUT2D eigenvalue weighted by atomic mass is 79.9. The summed E-state index contributed by atoms with van der Waals surface area (Å²) in [5.74, 6) is 0. The lowest BCUT2D eigenvalue weighted by molar-refractivity contribution is 0.121. The smallest absolute Gasteiger partial charge is 0.0748 e. The number of benzene rings is 1. The molecular weight excluding hydrogens is 254 g/mol. The van der Waals surface area contributed by atoms with E-state index in [1.165, 1.54) is 11.3 Å². The van der Waals surface area contributed by atoms with Gasteiger partial charge in [0.15, 0.2) is 0 Å². The van der Waals surface area contributed by atoms with E-state index < -0.39 is 0 Å². The van der Waals surface area contributed by atoms with Crippen LogP contribution in [0.25, 0.3) is 0 Å². The number of nitrogens with one attached hydrogen (secondary N) is 1. The average Bonchev–Trinajstić information content (AvgIpc) is 2.59. The molecule has 0 spiro atoms. The van der Waals surface area contributed by atoms with Crippen LogP contribution in [0.5, 0.6) is 0 Å². The van der Waals surface area contributed by atoms with Gasteiger partial charge in [-0.1, -0.05) is 15.9 Å². The summed E-state index contributed by atoms with van der Waals surface area (Å²) in [5.41, 5.74) is 2.43. The molecule has 2 atom stereocenters. The van der Waals surface area contributed by atoms with Crippen molar-refractivity contribution in [1.29, 1.82) is 0 Å². The van der Waals surface area contributed by atoms with Gasteiger partial charge in [0.1, 0.15) is 0 Å². The van der Waals surface area contributed by atoms with Gasteiger partial charge in [0.2, 0.25) is 0 Å². The maximum absolute atomic E-state index is 5.52. The molecule has 82 valence electrons. The lowest BCUT2D eigenvalue weighted by Gasteiger charge is -2.17. The quantitative estimate of drug-likeness (QED) is 0.889. The summed E-state index contributed by atoms with van der Waals surface area (Å²) in [4.78, 5) is 0. The maximum atomic E-state index is 5.52. The average molecular weight is 270 g/mol. The number of rotatable bonds is 2. The first-order valence-electron chi connectivity index (χ1n) is 5.31. The molecule has 0 bridgehead atoms. The summed E-state index contributed by atoms with van der Waals surface area (Å²) in [6.07, 6.45) is 1.41. The molecule has 0 aromatic heterocycles. The van der Waals surface area contributed by atoms with Gasteiger partial charge in [-0.2, -0.15) is 0 Å². The number of anilines is 1. The lowest BCUT2D eigenvalue weighted by Crippen LogP contribution is -2.26. The third-order valence-corrected chi connectivity index (χ3v) is 3.78. The van der Waals surface area contributed by atoms with Crippen LogP contribution in [-0.4, -0.2) is 18.8 Å². The minimum Gasteiger partial charge on any atom is -0.380 e. The van der Waals surface area contributed by atoms with E-state index in [0.29, 0.717) is 12.1 Å². The summed E-state index contributed by atoms with van der Waals surface area (Å²) < 4.78 is 6.68. The number of hydrogen-bond donors (Lipinski definition) is 1. The Morgan fingerprint density at radius 1 is 1.47 bits per heavy atom. The third-order valence-electron chi connectivity index (χ3n) is 2.89. The van der Waals surface area contributed by atoms with Crippen molar-refractivity contribution in [3.63, 3.8) is 0 Å². The van der Waals surface area contributed by atoms with Crippen molar-refractivity contribution in [3.8, 4) is 0 Å². The van der Waals surface area contributed by atoms with Crippen molar-refractivity contribution in [2.24, 2.45) is 0 Å². The first-order chi connectivity index (χ1) is 7.16. The summed E-state index contributed by atoms with van der Waals surface area (Å²) in [6.45, 7) is 5.09. The van der Waals surface area contributed by atoms with Gasteiger partial charge in [-0.05, 0) is 44.0 Å². The zero-order valence-corrected chi connectivity index (χ0v) is 10.7. The van der Waals surface area contributed by atoms with Gasteiger partial charge in [0.25, 0.3) is 0 Å². The highest BCUT2D eigenvalue weighted by molar-refractivity contribution is 9.10. The fourth-order valence-corrected chi connectivity index (χ4v) is 2.12. The topological polar surface area (TPSA) is 21.3 Å². The molecule has 0 radical (unpaired) electrons. The van der Waals surface area contributed by atoms with E-state index >= 15 is 0 Å². The SMILES string of the molecule is Cc1cc(N[C@H]2CCO[C@@H]2C)ccc1Br. The van der Waals surface area contributed by atoms with Crippen LogP contribution >= 0.6 is 15.9 Å². The summed E-state index contributed by atoms with van der Waals surface area (Å²) in [7, 11) is 0. The molecule has 1 fully saturated rings. The first kappa shape index (κ1) is 11.0. The van der Waals surface area contributed by atoms with Gasteiger partial charge in [0, 0.05) is 16.8 Å². The zero-order chi connectivity index (χ0) is 10.8. The standard InChI is InChI=1S/C12H16BrNO/c1-8-7-10(3-4-11(8)13)14-12-5-6-15-9(12)2/h3-4,7,9,12,14H,5-6H2,1-2H3/t9-,12+/m1/s1. The molecule has 1 aromatic rings. The Morgan fingerprint density at radius 2 is 2.27 bits per heavy atom. The molecule has 1 N–H and O–H groups in total. The fraction of sp³-hybridized carbons (Fsp3) is 0.500. The van der Waals surface area contributed by atoms with Crippen LogP contribution in [0, 0.1) is 6.92 Å². The molecule has 1 aromatic carbocycles. The Labute approximate surface area is 99.1 Å². The zero-order valence-electron chi connectivity index (χ0n) is 9.09. The number of halogens is 1. The van der Waals surface area contributed by atoms with Crippen LogP contribution in [-0.2, 0) is 4.74 Å². The van der Waals surface area contributed by atoms with Crippen LogP contribution in [0.1, 0.15) is 18.9 Å². The largest absolute Gasteiger partial charge is 0.380 e. The van der Waals surface area contributed by atoms with Crippen LogP contribution in [0.15, 0.2) is 22.7 Å². The number of ether oxygens (including phenoxy) is 1. The van der Waals surface area contributed by atoms with Crippen molar-refractivity contribution in [2.75, 3.05) is 11.9 Å². The van der Waals surface area contributed by atoms with Crippen molar-refractivity contribution in [1.82, 2.24) is 0 Å². The van der Waals surface area contributed by atoms with E-state index in [1.54, 1.807) is 0 Å². The van der Waals surface area contributed by atoms with Gasteiger partial charge in [0.05, 0.1) is 12.1 Å². The molecule has 3 heteroatoms. The number of aryl methyl sites for hydroxylation is 1. The summed E-state index contributed by atoms with van der Waals surface area (Å²) in [5, 5.41) is 3.51. The third kappa shape index (κ3) is 2.52. The van der Waals surface area contributed by atoms with Crippen molar-refractivity contribution < 1.29 is 4.74 Å². The van der Waals surface area contributed by atoms with Crippen molar-refractivity contribution >= 4 is 21.6 Å². The summed E-state index contributed by atoms with van der Waals surface area (Å²) in [6, 6.07) is 6.79. The van der Waals surface area contributed by atoms with Gasteiger partial charge in [-0.25, -0.2) is 0 Å². The predicted octanol–water partition coefficient (Wildman–Crippen LogP) is 3.35. The van der Waals surface area contributed by atoms with Crippen molar-refractivity contribution in [3.05, 3.63) is 28.2 Å². The van der Waals surface area contributed by atoms with E-state index in [4.69, 9.17) is 4.74 Å². The van der Waals surface area contributed by atoms with Crippen LogP contribution in [0.4, 0.5) is 5.69 Å². The first-order valence-corrected chi connectivity index (χ1v) is 6.10. The van der Waals surface area contributed by atoms with E-state index in [1.807, 2.05) is 0 Å². The molecule has 0 unspecified atom stereocenters. The van der Waals surface area contributed by atoms with Gasteiger partial charge in [-0.3, -0.25) is 0 Å². The molecule has 15 heavy (non-hydrogen) atoms. The Morgan fingerprint density at radius 3 is 2.87 bits per heavy atom. The lowest BCUT2D eigenvalue weighted by atomic mass is 10.1. The molecular formula is C12H16BrNO. The highest BCUT2D eigenvalue weighted by Crippen LogP contribution is 2.23. The Balaban J connectivity index is 2.07. The Hall–Kier alpha value is -0.540. The molecule has 1 aliphatic heterocycles. The minimum absolute atomic E-state index is 0.314. The molecule has 0 aliphatic carbocycles.